The van der Waals surface area contributed by atoms with Gasteiger partial charge in [-0.2, -0.15) is 24.4 Å². The molecular weight excluding hydrogens is 480 g/mol. The van der Waals surface area contributed by atoms with E-state index in [1.165, 1.54) is 0 Å². The number of nitrogens with zero attached hydrogens (tertiary/aromatic N) is 1. The molecule has 0 spiro atoms. The number of imide groups is 1. The SMILES string of the molecule is O=C1N[C@H]2CSC(CCCCNCCSSCCC(=O)ON3C(=O)CC(S)C3=O)[C@H]2N1. The average molecular weight is 509 g/mol. The van der Waals surface area contributed by atoms with Crippen LogP contribution in [0.15, 0.2) is 0 Å². The number of nitrogens with one attached hydrogen (secondary N) is 3. The first-order valence-electron chi connectivity index (χ1n) is 10.3. The molecule has 3 aliphatic heterocycles. The lowest BCUT2D eigenvalue weighted by atomic mass is 10.0. The van der Waals surface area contributed by atoms with Crippen LogP contribution in [0.2, 0.25) is 0 Å². The van der Waals surface area contributed by atoms with Gasteiger partial charge in [0.2, 0.25) is 0 Å². The molecule has 13 heteroatoms. The van der Waals surface area contributed by atoms with Gasteiger partial charge in [-0.15, -0.1) is 5.06 Å². The van der Waals surface area contributed by atoms with E-state index in [1.54, 1.807) is 21.6 Å². The quantitative estimate of drug-likeness (QED) is 0.0957. The molecule has 4 amide bonds. The minimum absolute atomic E-state index is 0.0299. The van der Waals surface area contributed by atoms with Crippen molar-refractivity contribution in [2.45, 2.75) is 54.7 Å². The van der Waals surface area contributed by atoms with Crippen molar-refractivity contribution in [2.24, 2.45) is 0 Å². The Hall–Kier alpha value is -0.760. The van der Waals surface area contributed by atoms with Crippen LogP contribution < -0.4 is 16.0 Å². The summed E-state index contributed by atoms with van der Waals surface area (Å²) in [6, 6.07) is 0.549. The molecule has 174 valence electrons. The summed E-state index contributed by atoms with van der Waals surface area (Å²) in [4.78, 5) is 51.1. The molecule has 0 aromatic heterocycles. The molecule has 2 unspecified atom stereocenters. The first kappa shape index (κ1) is 24.9. The number of hydrogen-bond acceptors (Lipinski definition) is 10. The van der Waals surface area contributed by atoms with Crippen LogP contribution in [0.3, 0.4) is 0 Å². The topological polar surface area (TPSA) is 117 Å². The van der Waals surface area contributed by atoms with Crippen molar-refractivity contribution in [3.05, 3.63) is 0 Å². The summed E-state index contributed by atoms with van der Waals surface area (Å²) in [7, 11) is 3.24. The van der Waals surface area contributed by atoms with E-state index in [0.717, 1.165) is 43.9 Å². The van der Waals surface area contributed by atoms with E-state index in [1.807, 2.05) is 11.8 Å². The number of unbranched alkanes of at least 4 members (excludes halogenated alkanes) is 1. The Balaban J connectivity index is 1.11. The number of carbonyl (C=O) groups excluding carboxylic acids is 4. The van der Waals surface area contributed by atoms with Gasteiger partial charge < -0.3 is 20.8 Å². The maximum atomic E-state index is 11.8. The molecule has 3 rings (SSSR count). The van der Waals surface area contributed by atoms with Crippen molar-refractivity contribution >= 4 is 69.8 Å². The second-order valence-electron chi connectivity index (χ2n) is 7.47. The highest BCUT2D eigenvalue weighted by atomic mass is 33.1. The lowest BCUT2D eigenvalue weighted by molar-refractivity contribution is -0.197. The summed E-state index contributed by atoms with van der Waals surface area (Å²) in [5.41, 5.74) is 0. The lowest BCUT2D eigenvalue weighted by Crippen LogP contribution is -2.36. The van der Waals surface area contributed by atoms with Gasteiger partial charge in [0.1, 0.15) is 0 Å². The third-order valence-electron chi connectivity index (χ3n) is 5.14. The summed E-state index contributed by atoms with van der Waals surface area (Å²) < 4.78 is 0. The summed E-state index contributed by atoms with van der Waals surface area (Å²) in [6.45, 7) is 1.86. The van der Waals surface area contributed by atoms with Crippen LogP contribution in [0.5, 0.6) is 0 Å². The highest BCUT2D eigenvalue weighted by Crippen LogP contribution is 2.33. The lowest BCUT2D eigenvalue weighted by Gasteiger charge is -2.16. The minimum atomic E-state index is -0.723. The van der Waals surface area contributed by atoms with Gasteiger partial charge >= 0.3 is 12.0 Å². The van der Waals surface area contributed by atoms with Gasteiger partial charge in [-0.05, 0) is 19.4 Å². The van der Waals surface area contributed by atoms with Gasteiger partial charge in [-0.1, -0.05) is 28.0 Å². The third kappa shape index (κ3) is 7.37. The molecule has 0 aliphatic carbocycles. The maximum Gasteiger partial charge on any atom is 0.334 e. The number of thioether (sulfide) groups is 1. The number of amides is 4. The molecule has 3 aliphatic rings. The number of urea groups is 1. The van der Waals surface area contributed by atoms with Gasteiger partial charge in [0.15, 0.2) is 0 Å². The van der Waals surface area contributed by atoms with Crippen molar-refractivity contribution in [3.8, 4) is 0 Å². The molecule has 3 heterocycles. The normalized spacial score (nSPS) is 27.4. The largest absolute Gasteiger partial charge is 0.334 e. The molecule has 3 saturated heterocycles. The van der Waals surface area contributed by atoms with E-state index in [0.29, 0.717) is 22.1 Å². The zero-order chi connectivity index (χ0) is 22.2. The number of hydrogen-bond donors (Lipinski definition) is 4. The van der Waals surface area contributed by atoms with Gasteiger partial charge in [-0.3, -0.25) is 9.59 Å². The summed E-state index contributed by atoms with van der Waals surface area (Å²) in [5.74, 6) is 0.780. The van der Waals surface area contributed by atoms with Crippen molar-refractivity contribution in [1.29, 1.82) is 0 Å². The molecule has 3 fully saturated rings. The van der Waals surface area contributed by atoms with Crippen LogP contribution in [0.25, 0.3) is 0 Å². The highest BCUT2D eigenvalue weighted by molar-refractivity contribution is 8.76. The molecule has 4 atom stereocenters. The van der Waals surface area contributed by atoms with Gasteiger partial charge in [0.25, 0.3) is 11.8 Å². The third-order valence-corrected chi connectivity index (χ3v) is 9.46. The monoisotopic (exact) mass is 508 g/mol. The van der Waals surface area contributed by atoms with Crippen LogP contribution >= 0.6 is 46.0 Å². The molecular formula is C18H28N4O5S4. The smallest absolute Gasteiger partial charge is 0.332 e. The van der Waals surface area contributed by atoms with Crippen molar-refractivity contribution in [1.82, 2.24) is 21.0 Å². The molecule has 9 nitrogen and oxygen atoms in total. The first-order chi connectivity index (χ1) is 15.0. The Bertz CT molecular complexity index is 685. The molecule has 0 bridgehead atoms. The van der Waals surface area contributed by atoms with Gasteiger partial charge in [0.05, 0.1) is 30.2 Å². The highest BCUT2D eigenvalue weighted by Gasteiger charge is 2.42. The minimum Gasteiger partial charge on any atom is -0.332 e. The van der Waals surface area contributed by atoms with Crippen LogP contribution in [0, 0.1) is 0 Å². The molecule has 3 N–H and O–H groups in total. The number of fused-ring (bicyclic) bond motifs is 1. The first-order valence-corrected chi connectivity index (χ1v) is 14.4. The van der Waals surface area contributed by atoms with Crippen molar-refractivity contribution < 1.29 is 24.0 Å². The number of carbonyl (C=O) groups is 4. The molecule has 0 aromatic carbocycles. The fourth-order valence-corrected chi connectivity index (χ4v) is 7.28. The Kier molecular flexibility index (Phi) is 10.0. The zero-order valence-electron chi connectivity index (χ0n) is 17.0. The van der Waals surface area contributed by atoms with E-state index in [4.69, 9.17) is 4.84 Å². The Morgan fingerprint density at radius 1 is 1.19 bits per heavy atom. The van der Waals surface area contributed by atoms with Crippen LogP contribution in [-0.2, 0) is 19.2 Å². The summed E-state index contributed by atoms with van der Waals surface area (Å²) >= 11 is 5.93. The van der Waals surface area contributed by atoms with E-state index >= 15 is 0 Å². The Morgan fingerprint density at radius 2 is 2.00 bits per heavy atom. The van der Waals surface area contributed by atoms with Crippen molar-refractivity contribution in [3.63, 3.8) is 0 Å². The Labute approximate surface area is 199 Å². The van der Waals surface area contributed by atoms with Gasteiger partial charge in [0, 0.05) is 29.1 Å². The van der Waals surface area contributed by atoms with Crippen LogP contribution in [-0.4, -0.2) is 81.8 Å². The molecule has 0 radical (unpaired) electrons. The summed E-state index contributed by atoms with van der Waals surface area (Å²) in [6.07, 6.45) is 3.48. The Morgan fingerprint density at radius 3 is 2.77 bits per heavy atom. The molecule has 0 aromatic rings. The molecule has 0 saturated carbocycles. The van der Waals surface area contributed by atoms with E-state index < -0.39 is 23.0 Å². The van der Waals surface area contributed by atoms with Crippen molar-refractivity contribution in [2.75, 3.05) is 30.3 Å². The maximum absolute atomic E-state index is 11.8. The second kappa shape index (κ2) is 12.5. The van der Waals surface area contributed by atoms with Crippen LogP contribution in [0.4, 0.5) is 4.79 Å². The fourth-order valence-electron chi connectivity index (χ4n) is 3.56. The van der Waals surface area contributed by atoms with Gasteiger partial charge in [-0.25, -0.2) is 9.59 Å². The number of hydroxylamine groups is 2. The van der Waals surface area contributed by atoms with Crippen LogP contribution in [0.1, 0.15) is 32.1 Å². The molecule has 31 heavy (non-hydrogen) atoms. The standard InChI is InChI=1S/C18H28N4O5S4/c23-14-9-12(28)17(25)22(14)27-15(24)4-7-30-31-8-6-19-5-2-1-3-13-16-11(10-29-13)20-18(26)21-16/h11-13,16,19,28H,1-10H2,(H2,20,21,26)/t11-,12?,13?,16-/m0/s1. The number of rotatable bonds is 13. The summed E-state index contributed by atoms with van der Waals surface area (Å²) in [5, 5.41) is 9.74. The number of thiol groups is 1. The predicted molar refractivity (Wildman–Crippen MR) is 127 cm³/mol. The predicted octanol–water partition coefficient (Wildman–Crippen LogP) is 1.20. The fraction of sp³-hybridized carbons (Fsp3) is 0.778. The average Bonchev–Trinajstić information content (AvgIpc) is 3.35. The zero-order valence-corrected chi connectivity index (χ0v) is 20.4. The van der Waals surface area contributed by atoms with E-state index in [9.17, 15) is 19.2 Å². The van der Waals surface area contributed by atoms with E-state index in [2.05, 4.69) is 28.6 Å². The van der Waals surface area contributed by atoms with E-state index in [-0.39, 0.29) is 24.9 Å². The second-order valence-corrected chi connectivity index (χ2v) is 12.1.